The maximum Gasteiger partial charge on any atom is 0.120 e. The Bertz CT molecular complexity index is 542. The number of halogens is 2. The van der Waals surface area contributed by atoms with Crippen LogP contribution in [0.2, 0.25) is 5.02 Å². The zero-order valence-corrected chi connectivity index (χ0v) is 11.5. The quantitative estimate of drug-likeness (QED) is 0.915. The molecular weight excluding hydrogens is 305 g/mol. The molecule has 0 atom stereocenters. The van der Waals surface area contributed by atoms with Gasteiger partial charge in [0.1, 0.15) is 11.4 Å². The summed E-state index contributed by atoms with van der Waals surface area (Å²) in [5.74, 6) is 0.712. The topological polar surface area (TPSA) is 63.9 Å². The summed E-state index contributed by atoms with van der Waals surface area (Å²) in [4.78, 5) is 0. The van der Waals surface area contributed by atoms with Crippen LogP contribution in [0.5, 0.6) is 5.75 Å². The normalized spacial score (nSPS) is 10.6. The summed E-state index contributed by atoms with van der Waals surface area (Å²) in [5.41, 5.74) is 7.99. The van der Waals surface area contributed by atoms with Crippen molar-refractivity contribution in [1.29, 1.82) is 0 Å². The minimum absolute atomic E-state index is 0.390. The van der Waals surface area contributed by atoms with E-state index >= 15 is 0 Å². The van der Waals surface area contributed by atoms with Crippen molar-refractivity contribution in [2.75, 3.05) is 7.11 Å². The highest BCUT2D eigenvalue weighted by molar-refractivity contribution is 9.10. The first-order valence-electron chi connectivity index (χ1n) is 4.94. The van der Waals surface area contributed by atoms with Crippen LogP contribution in [-0.4, -0.2) is 17.3 Å². The Morgan fingerprint density at radius 2 is 2.29 bits per heavy atom. The Hall–Kier alpha value is -1.04. The van der Waals surface area contributed by atoms with Gasteiger partial charge in [0.25, 0.3) is 0 Å². The summed E-state index contributed by atoms with van der Waals surface area (Å²) in [6.07, 6.45) is 0. The number of methoxy groups -OCH3 is 1. The molecule has 0 fully saturated rings. The lowest BCUT2D eigenvalue weighted by Crippen LogP contribution is -1.96. The van der Waals surface area contributed by atoms with Crippen LogP contribution in [0.4, 0.5) is 0 Å². The monoisotopic (exact) mass is 315 g/mol. The van der Waals surface area contributed by atoms with Crippen molar-refractivity contribution >= 4 is 27.5 Å². The van der Waals surface area contributed by atoms with Gasteiger partial charge in [-0.25, -0.2) is 0 Å². The number of nitrogens with two attached hydrogens (primary N) is 1. The second-order valence-corrected chi connectivity index (χ2v) is 4.61. The van der Waals surface area contributed by atoms with Gasteiger partial charge in [-0.1, -0.05) is 11.6 Å². The summed E-state index contributed by atoms with van der Waals surface area (Å²) in [6, 6.07) is 5.45. The average molecular weight is 317 g/mol. The SMILES string of the molecule is COc1ccc(-c2n[nH]c(CN)c2Br)c(Cl)c1. The Morgan fingerprint density at radius 1 is 1.53 bits per heavy atom. The third kappa shape index (κ3) is 2.31. The molecule has 0 radical (unpaired) electrons. The smallest absolute Gasteiger partial charge is 0.120 e. The molecule has 0 aliphatic rings. The predicted octanol–water partition coefficient (Wildman–Crippen LogP) is 2.96. The zero-order chi connectivity index (χ0) is 12.4. The summed E-state index contributed by atoms with van der Waals surface area (Å²) in [5, 5.41) is 7.65. The van der Waals surface area contributed by atoms with Crippen molar-refractivity contribution in [3.8, 4) is 17.0 Å². The first-order chi connectivity index (χ1) is 8.17. The summed E-state index contributed by atoms with van der Waals surface area (Å²) in [6.45, 7) is 0.390. The van der Waals surface area contributed by atoms with Gasteiger partial charge in [0.2, 0.25) is 0 Å². The van der Waals surface area contributed by atoms with Crippen LogP contribution < -0.4 is 10.5 Å². The van der Waals surface area contributed by atoms with E-state index < -0.39 is 0 Å². The van der Waals surface area contributed by atoms with E-state index in [1.807, 2.05) is 12.1 Å². The molecule has 0 aliphatic heterocycles. The summed E-state index contributed by atoms with van der Waals surface area (Å²) < 4.78 is 5.94. The Morgan fingerprint density at radius 3 is 2.82 bits per heavy atom. The number of ether oxygens (including phenoxy) is 1. The molecule has 2 rings (SSSR count). The zero-order valence-electron chi connectivity index (χ0n) is 9.13. The van der Waals surface area contributed by atoms with Crippen LogP contribution in [0.1, 0.15) is 5.69 Å². The first-order valence-corrected chi connectivity index (χ1v) is 6.11. The number of hydrogen-bond donors (Lipinski definition) is 2. The molecule has 6 heteroatoms. The van der Waals surface area contributed by atoms with Crippen molar-refractivity contribution < 1.29 is 4.74 Å². The highest BCUT2D eigenvalue weighted by atomic mass is 79.9. The van der Waals surface area contributed by atoms with Crippen LogP contribution in [0.15, 0.2) is 22.7 Å². The van der Waals surface area contributed by atoms with Gasteiger partial charge in [-0.05, 0) is 34.1 Å². The highest BCUT2D eigenvalue weighted by Gasteiger charge is 2.14. The van der Waals surface area contributed by atoms with E-state index in [4.69, 9.17) is 22.1 Å². The molecule has 0 unspecified atom stereocenters. The molecule has 1 aromatic carbocycles. The van der Waals surface area contributed by atoms with E-state index in [9.17, 15) is 0 Å². The third-order valence-corrected chi connectivity index (χ3v) is 3.58. The molecule has 4 nitrogen and oxygen atoms in total. The van der Waals surface area contributed by atoms with Gasteiger partial charge >= 0.3 is 0 Å². The molecule has 0 amide bonds. The largest absolute Gasteiger partial charge is 0.497 e. The van der Waals surface area contributed by atoms with E-state index in [-0.39, 0.29) is 0 Å². The van der Waals surface area contributed by atoms with Crippen LogP contribution in [0.25, 0.3) is 11.3 Å². The van der Waals surface area contributed by atoms with Gasteiger partial charge in [0.05, 0.1) is 22.3 Å². The molecule has 0 saturated carbocycles. The number of aromatic amines is 1. The third-order valence-electron chi connectivity index (χ3n) is 2.41. The van der Waals surface area contributed by atoms with Crippen LogP contribution in [0.3, 0.4) is 0 Å². The number of hydrogen-bond acceptors (Lipinski definition) is 3. The van der Waals surface area contributed by atoms with Crippen molar-refractivity contribution in [3.63, 3.8) is 0 Å². The molecule has 90 valence electrons. The second kappa shape index (κ2) is 5.08. The maximum atomic E-state index is 6.18. The maximum absolute atomic E-state index is 6.18. The van der Waals surface area contributed by atoms with Gasteiger partial charge in [-0.3, -0.25) is 5.10 Å². The molecule has 0 spiro atoms. The molecule has 1 heterocycles. The van der Waals surface area contributed by atoms with Crippen LogP contribution in [0, 0.1) is 0 Å². The number of benzene rings is 1. The Balaban J connectivity index is 2.49. The van der Waals surface area contributed by atoms with Gasteiger partial charge in [0.15, 0.2) is 0 Å². The van der Waals surface area contributed by atoms with Crippen LogP contribution in [-0.2, 0) is 6.54 Å². The van der Waals surface area contributed by atoms with Crippen molar-refractivity contribution in [1.82, 2.24) is 10.2 Å². The molecule has 2 aromatic rings. The van der Waals surface area contributed by atoms with E-state index in [1.54, 1.807) is 13.2 Å². The molecule has 17 heavy (non-hydrogen) atoms. The Kier molecular flexibility index (Phi) is 3.71. The van der Waals surface area contributed by atoms with Gasteiger partial charge in [0, 0.05) is 12.1 Å². The van der Waals surface area contributed by atoms with E-state index in [1.165, 1.54) is 0 Å². The van der Waals surface area contributed by atoms with Gasteiger partial charge in [-0.15, -0.1) is 0 Å². The van der Waals surface area contributed by atoms with Gasteiger partial charge < -0.3 is 10.5 Å². The molecule has 0 saturated heterocycles. The predicted molar refractivity (Wildman–Crippen MR) is 71.2 cm³/mol. The van der Waals surface area contributed by atoms with E-state index in [2.05, 4.69) is 26.1 Å². The molecular formula is C11H11BrClN3O. The molecule has 1 aromatic heterocycles. The number of aromatic nitrogens is 2. The average Bonchev–Trinajstić information content (AvgIpc) is 2.70. The fourth-order valence-corrected chi connectivity index (χ4v) is 2.31. The summed E-state index contributed by atoms with van der Waals surface area (Å²) >= 11 is 9.64. The van der Waals surface area contributed by atoms with Crippen molar-refractivity contribution in [2.45, 2.75) is 6.54 Å². The lowest BCUT2D eigenvalue weighted by molar-refractivity contribution is 0.415. The molecule has 0 bridgehead atoms. The lowest BCUT2D eigenvalue weighted by Gasteiger charge is -2.04. The molecule has 3 N–H and O–H groups in total. The van der Waals surface area contributed by atoms with Crippen molar-refractivity contribution in [3.05, 3.63) is 33.4 Å². The number of nitrogens with zero attached hydrogens (tertiary/aromatic N) is 1. The fraction of sp³-hybridized carbons (Fsp3) is 0.182. The number of rotatable bonds is 3. The minimum Gasteiger partial charge on any atom is -0.497 e. The Labute approximate surface area is 112 Å². The molecule has 0 aliphatic carbocycles. The number of nitrogens with one attached hydrogen (secondary N) is 1. The standard InChI is InChI=1S/C11H11BrClN3O/c1-17-6-2-3-7(8(13)4-6)11-10(12)9(5-14)15-16-11/h2-4H,5,14H2,1H3,(H,15,16). The number of H-pyrrole nitrogens is 1. The first kappa shape index (κ1) is 12.4. The minimum atomic E-state index is 0.390. The van der Waals surface area contributed by atoms with Gasteiger partial charge in [-0.2, -0.15) is 5.10 Å². The van der Waals surface area contributed by atoms with Crippen molar-refractivity contribution in [2.24, 2.45) is 5.73 Å². The summed E-state index contributed by atoms with van der Waals surface area (Å²) in [7, 11) is 1.60. The highest BCUT2D eigenvalue weighted by Crippen LogP contribution is 2.35. The van der Waals surface area contributed by atoms with E-state index in [0.717, 1.165) is 21.4 Å². The van der Waals surface area contributed by atoms with Crippen LogP contribution >= 0.6 is 27.5 Å². The fourth-order valence-electron chi connectivity index (χ4n) is 1.49. The van der Waals surface area contributed by atoms with E-state index in [0.29, 0.717) is 17.3 Å². The lowest BCUT2D eigenvalue weighted by atomic mass is 10.1. The second-order valence-electron chi connectivity index (χ2n) is 3.41.